The summed E-state index contributed by atoms with van der Waals surface area (Å²) in [5.41, 5.74) is -0.454. The van der Waals surface area contributed by atoms with E-state index in [1.807, 2.05) is 18.7 Å². The van der Waals surface area contributed by atoms with Crippen molar-refractivity contribution in [3.05, 3.63) is 0 Å². The third-order valence-corrected chi connectivity index (χ3v) is 3.57. The van der Waals surface area contributed by atoms with E-state index in [9.17, 15) is 9.59 Å². The highest BCUT2D eigenvalue weighted by Gasteiger charge is 2.43. The van der Waals surface area contributed by atoms with Crippen molar-refractivity contribution in [1.82, 2.24) is 10.2 Å². The van der Waals surface area contributed by atoms with Crippen LogP contribution < -0.4 is 5.32 Å². The number of aliphatic carboxylic acids is 1. The zero-order chi connectivity index (χ0) is 15.3. The summed E-state index contributed by atoms with van der Waals surface area (Å²) in [6.45, 7) is 9.54. The Labute approximate surface area is 120 Å². The van der Waals surface area contributed by atoms with Crippen LogP contribution in [0.5, 0.6) is 0 Å². The van der Waals surface area contributed by atoms with E-state index in [0.717, 1.165) is 6.42 Å². The molecular formula is C14H26N2O4. The molecule has 0 radical (unpaired) electrons. The Morgan fingerprint density at radius 2 is 1.95 bits per heavy atom. The van der Waals surface area contributed by atoms with E-state index in [4.69, 9.17) is 9.84 Å². The molecule has 116 valence electrons. The summed E-state index contributed by atoms with van der Waals surface area (Å²) in [5, 5.41) is 11.5. The lowest BCUT2D eigenvalue weighted by Crippen LogP contribution is -2.66. The van der Waals surface area contributed by atoms with E-state index in [1.54, 1.807) is 0 Å². The number of amides is 1. The van der Waals surface area contributed by atoms with Crippen molar-refractivity contribution in [3.63, 3.8) is 0 Å². The van der Waals surface area contributed by atoms with Gasteiger partial charge in [-0.1, -0.05) is 13.8 Å². The van der Waals surface area contributed by atoms with E-state index in [1.165, 1.54) is 0 Å². The molecule has 1 heterocycles. The molecule has 1 atom stereocenters. The van der Waals surface area contributed by atoms with Gasteiger partial charge < -0.3 is 15.2 Å². The van der Waals surface area contributed by atoms with Gasteiger partial charge in [-0.3, -0.25) is 9.69 Å². The fourth-order valence-corrected chi connectivity index (χ4v) is 2.21. The summed E-state index contributed by atoms with van der Waals surface area (Å²) in [6.07, 6.45) is 0.970. The lowest BCUT2D eigenvalue weighted by Gasteiger charge is -2.49. The first kappa shape index (κ1) is 16.9. The molecule has 0 aromatic heterocycles. The van der Waals surface area contributed by atoms with Gasteiger partial charge in [-0.2, -0.15) is 0 Å². The van der Waals surface area contributed by atoms with Gasteiger partial charge in [-0.05, 0) is 26.2 Å². The second-order valence-electron chi connectivity index (χ2n) is 6.19. The van der Waals surface area contributed by atoms with Gasteiger partial charge in [0.15, 0.2) is 0 Å². The summed E-state index contributed by atoms with van der Waals surface area (Å²) in [7, 11) is 0. The van der Waals surface area contributed by atoms with Crippen molar-refractivity contribution < 1.29 is 19.4 Å². The molecule has 1 unspecified atom stereocenters. The largest absolute Gasteiger partial charge is 0.480 e. The van der Waals surface area contributed by atoms with Crippen LogP contribution in [0.4, 0.5) is 0 Å². The normalized spacial score (nSPS) is 19.4. The lowest BCUT2D eigenvalue weighted by atomic mass is 9.94. The fraction of sp³-hybridized carbons (Fsp3) is 0.857. The quantitative estimate of drug-likeness (QED) is 0.687. The Hall–Kier alpha value is -1.14. The maximum Gasteiger partial charge on any atom is 0.329 e. The Bertz CT molecular complexity index is 351. The van der Waals surface area contributed by atoms with Crippen molar-refractivity contribution in [2.45, 2.75) is 45.8 Å². The minimum Gasteiger partial charge on any atom is -0.480 e. The predicted octanol–water partition coefficient (Wildman–Crippen LogP) is 0.713. The molecule has 0 aliphatic carbocycles. The van der Waals surface area contributed by atoms with Crippen LogP contribution in [-0.2, 0) is 14.3 Å². The minimum atomic E-state index is -0.968. The first-order valence-electron chi connectivity index (χ1n) is 7.11. The fourth-order valence-electron chi connectivity index (χ4n) is 2.21. The van der Waals surface area contributed by atoms with E-state index in [-0.39, 0.29) is 18.6 Å². The second kappa shape index (κ2) is 7.04. The zero-order valence-electron chi connectivity index (χ0n) is 12.8. The van der Waals surface area contributed by atoms with Gasteiger partial charge in [0, 0.05) is 19.6 Å². The van der Waals surface area contributed by atoms with Gasteiger partial charge in [0.2, 0.25) is 5.91 Å². The molecule has 0 aromatic rings. The molecule has 0 spiro atoms. The van der Waals surface area contributed by atoms with Crippen LogP contribution >= 0.6 is 0 Å². The summed E-state index contributed by atoms with van der Waals surface area (Å²) >= 11 is 0. The van der Waals surface area contributed by atoms with Crippen LogP contribution in [0.25, 0.3) is 0 Å². The van der Waals surface area contributed by atoms with E-state index in [0.29, 0.717) is 25.6 Å². The molecule has 1 aliphatic heterocycles. The Morgan fingerprint density at radius 1 is 1.35 bits per heavy atom. The second-order valence-corrected chi connectivity index (χ2v) is 6.19. The van der Waals surface area contributed by atoms with Crippen molar-refractivity contribution in [2.75, 3.05) is 26.2 Å². The van der Waals surface area contributed by atoms with Gasteiger partial charge in [0.25, 0.3) is 0 Å². The first-order valence-corrected chi connectivity index (χ1v) is 7.11. The highest BCUT2D eigenvalue weighted by Crippen LogP contribution is 2.26. The number of ether oxygens (including phenoxy) is 1. The molecule has 6 nitrogen and oxygen atoms in total. The van der Waals surface area contributed by atoms with Crippen LogP contribution in [0.1, 0.15) is 34.1 Å². The van der Waals surface area contributed by atoms with E-state index in [2.05, 4.69) is 19.2 Å². The number of hydrogen-bond donors (Lipinski definition) is 2. The molecule has 1 aliphatic rings. The minimum absolute atomic E-state index is 0.0194. The average molecular weight is 286 g/mol. The van der Waals surface area contributed by atoms with Gasteiger partial charge in [-0.15, -0.1) is 0 Å². The van der Waals surface area contributed by atoms with Crippen LogP contribution in [0, 0.1) is 5.92 Å². The molecule has 0 bridgehead atoms. The van der Waals surface area contributed by atoms with Crippen molar-refractivity contribution in [1.29, 1.82) is 0 Å². The SMILES string of the molecule is CC(C)CCNC(=O)C(C)N1CC(C)(OCC(=O)O)C1. The molecule has 1 saturated heterocycles. The highest BCUT2D eigenvalue weighted by atomic mass is 16.5. The van der Waals surface area contributed by atoms with Crippen molar-refractivity contribution >= 4 is 11.9 Å². The summed E-state index contributed by atoms with van der Waals surface area (Å²) in [4.78, 5) is 24.4. The van der Waals surface area contributed by atoms with Crippen molar-refractivity contribution in [2.24, 2.45) is 5.92 Å². The van der Waals surface area contributed by atoms with Crippen LogP contribution in [0.2, 0.25) is 0 Å². The molecule has 0 saturated carbocycles. The Kier molecular flexibility index (Phi) is 5.95. The van der Waals surface area contributed by atoms with E-state index < -0.39 is 11.6 Å². The standard InChI is InChI=1S/C14H26N2O4/c1-10(2)5-6-15-13(19)11(3)16-8-14(4,9-16)20-7-12(17)18/h10-11H,5-9H2,1-4H3,(H,15,19)(H,17,18). The Morgan fingerprint density at radius 3 is 2.45 bits per heavy atom. The average Bonchev–Trinajstić information content (AvgIpc) is 2.31. The number of carboxylic acid groups (broad SMARTS) is 1. The molecule has 2 N–H and O–H groups in total. The molecule has 20 heavy (non-hydrogen) atoms. The van der Waals surface area contributed by atoms with Crippen LogP contribution in [-0.4, -0.2) is 59.8 Å². The lowest BCUT2D eigenvalue weighted by molar-refractivity contribution is -0.171. The number of rotatable bonds is 8. The van der Waals surface area contributed by atoms with Gasteiger partial charge in [-0.25, -0.2) is 4.79 Å². The van der Waals surface area contributed by atoms with Gasteiger partial charge in [0.05, 0.1) is 11.6 Å². The third kappa shape index (κ3) is 5.09. The third-order valence-electron chi connectivity index (χ3n) is 3.57. The molecule has 1 amide bonds. The highest BCUT2D eigenvalue weighted by molar-refractivity contribution is 5.81. The van der Waals surface area contributed by atoms with Gasteiger partial charge in [0.1, 0.15) is 6.61 Å². The number of nitrogens with zero attached hydrogens (tertiary/aromatic N) is 1. The summed E-state index contributed by atoms with van der Waals surface area (Å²) in [5.74, 6) is -0.377. The monoisotopic (exact) mass is 286 g/mol. The number of carbonyl (C=O) groups is 2. The smallest absolute Gasteiger partial charge is 0.329 e. The summed E-state index contributed by atoms with van der Waals surface area (Å²) in [6, 6.07) is -0.205. The number of likely N-dealkylation sites (tertiary alicyclic amines) is 1. The van der Waals surface area contributed by atoms with Crippen molar-refractivity contribution in [3.8, 4) is 0 Å². The number of carbonyl (C=O) groups excluding carboxylic acids is 1. The number of carboxylic acids is 1. The maximum atomic E-state index is 11.9. The molecule has 6 heteroatoms. The molecule has 0 aromatic carbocycles. The van der Waals surface area contributed by atoms with Crippen LogP contribution in [0.3, 0.4) is 0 Å². The molecular weight excluding hydrogens is 260 g/mol. The predicted molar refractivity (Wildman–Crippen MR) is 75.5 cm³/mol. The maximum absolute atomic E-state index is 11.9. The number of hydrogen-bond acceptors (Lipinski definition) is 4. The number of nitrogens with one attached hydrogen (secondary N) is 1. The summed E-state index contributed by atoms with van der Waals surface area (Å²) < 4.78 is 5.33. The first-order chi connectivity index (χ1) is 9.23. The Balaban J connectivity index is 2.27. The zero-order valence-corrected chi connectivity index (χ0v) is 12.8. The van der Waals surface area contributed by atoms with Gasteiger partial charge >= 0.3 is 5.97 Å². The van der Waals surface area contributed by atoms with Crippen LogP contribution in [0.15, 0.2) is 0 Å². The van der Waals surface area contributed by atoms with E-state index >= 15 is 0 Å². The molecule has 1 rings (SSSR count). The molecule has 1 fully saturated rings. The topological polar surface area (TPSA) is 78.9 Å².